The van der Waals surface area contributed by atoms with E-state index >= 15 is 0 Å². The van der Waals surface area contributed by atoms with E-state index < -0.39 is 0 Å². The molecule has 100 valence electrons. The van der Waals surface area contributed by atoms with Crippen LogP contribution in [0.4, 0.5) is 5.69 Å². The predicted molar refractivity (Wildman–Crippen MR) is 79.2 cm³/mol. The van der Waals surface area contributed by atoms with Crippen LogP contribution in [0, 0.1) is 6.92 Å². The van der Waals surface area contributed by atoms with Crippen LogP contribution in [0.5, 0.6) is 0 Å². The fourth-order valence-electron chi connectivity index (χ4n) is 2.91. The van der Waals surface area contributed by atoms with Gasteiger partial charge in [-0.2, -0.15) is 0 Å². The highest BCUT2D eigenvalue weighted by atomic mass is 79.9. The Balaban J connectivity index is 2.34. The molecule has 1 saturated heterocycles. The van der Waals surface area contributed by atoms with Crippen molar-refractivity contribution in [1.82, 2.24) is 4.90 Å². The van der Waals surface area contributed by atoms with E-state index in [1.165, 1.54) is 11.3 Å². The molecule has 3 nitrogen and oxygen atoms in total. The lowest BCUT2D eigenvalue weighted by Crippen LogP contribution is -2.58. The molecule has 4 heteroatoms. The lowest BCUT2D eigenvalue weighted by Gasteiger charge is -2.46. The zero-order valence-electron chi connectivity index (χ0n) is 11.2. The van der Waals surface area contributed by atoms with Crippen molar-refractivity contribution >= 4 is 21.6 Å². The van der Waals surface area contributed by atoms with Gasteiger partial charge in [0.25, 0.3) is 0 Å². The number of anilines is 1. The number of hydrogen-bond donors (Lipinski definition) is 1. The lowest BCUT2D eigenvalue weighted by molar-refractivity contribution is 0.171. The fourth-order valence-corrected chi connectivity index (χ4v) is 3.39. The number of likely N-dealkylation sites (N-methyl/N-ethyl adjacent to an activating group) is 1. The van der Waals surface area contributed by atoms with Gasteiger partial charge in [0.1, 0.15) is 0 Å². The van der Waals surface area contributed by atoms with Gasteiger partial charge in [-0.05, 0) is 44.7 Å². The minimum atomic E-state index is 0.179. The van der Waals surface area contributed by atoms with E-state index in [4.69, 9.17) is 0 Å². The highest BCUT2D eigenvalue weighted by Gasteiger charge is 2.30. The summed E-state index contributed by atoms with van der Waals surface area (Å²) in [6.45, 7) is 6.49. The van der Waals surface area contributed by atoms with Crippen molar-refractivity contribution in [3.05, 3.63) is 28.2 Å². The van der Waals surface area contributed by atoms with Gasteiger partial charge in [0.2, 0.25) is 0 Å². The molecule has 2 atom stereocenters. The highest BCUT2D eigenvalue weighted by molar-refractivity contribution is 9.10. The third-order valence-electron chi connectivity index (χ3n) is 3.61. The number of hydrogen-bond acceptors (Lipinski definition) is 3. The number of aryl methyl sites for hydroxylation is 1. The summed E-state index contributed by atoms with van der Waals surface area (Å²) in [5, 5.41) is 9.63. The largest absolute Gasteiger partial charge is 0.394 e. The smallest absolute Gasteiger partial charge is 0.0651 e. The Bertz CT molecular complexity index is 424. The van der Waals surface area contributed by atoms with Gasteiger partial charge in [-0.15, -0.1) is 0 Å². The zero-order chi connectivity index (χ0) is 13.3. The summed E-state index contributed by atoms with van der Waals surface area (Å²) < 4.78 is 1.10. The van der Waals surface area contributed by atoms with E-state index in [-0.39, 0.29) is 12.6 Å². The minimum Gasteiger partial charge on any atom is -0.394 e. The summed E-state index contributed by atoms with van der Waals surface area (Å²) in [5.41, 5.74) is 2.48. The molecule has 1 fully saturated rings. The molecule has 1 heterocycles. The van der Waals surface area contributed by atoms with Gasteiger partial charge in [0.15, 0.2) is 0 Å². The van der Waals surface area contributed by atoms with Gasteiger partial charge in [0, 0.05) is 29.3 Å². The molecule has 0 aliphatic carbocycles. The summed E-state index contributed by atoms with van der Waals surface area (Å²) in [6, 6.07) is 6.94. The second-order valence-electron chi connectivity index (χ2n) is 5.24. The Labute approximate surface area is 118 Å². The molecule has 0 aromatic heterocycles. The molecule has 2 unspecified atom stereocenters. The summed E-state index contributed by atoms with van der Waals surface area (Å²) in [5.74, 6) is 0. The summed E-state index contributed by atoms with van der Waals surface area (Å²) in [7, 11) is 2.12. The first kappa shape index (κ1) is 13.8. The number of nitrogens with zero attached hydrogens (tertiary/aromatic N) is 2. The monoisotopic (exact) mass is 312 g/mol. The maximum atomic E-state index is 9.63. The van der Waals surface area contributed by atoms with Crippen LogP contribution in [0.15, 0.2) is 22.7 Å². The molecular weight excluding hydrogens is 292 g/mol. The lowest BCUT2D eigenvalue weighted by atomic mass is 10.0. The Morgan fingerprint density at radius 1 is 1.39 bits per heavy atom. The Hall–Kier alpha value is -0.580. The normalized spacial score (nSPS) is 25.5. The number of rotatable bonds is 2. The standard InChI is InChI=1S/C14H21BrN2O/c1-10-6-12(15)4-5-14(10)17-11(2)7-16(3)8-13(17)9-18/h4-6,11,13,18H,7-9H2,1-3H3. The van der Waals surface area contributed by atoms with E-state index in [0.717, 1.165) is 17.6 Å². The van der Waals surface area contributed by atoms with Gasteiger partial charge in [-0.25, -0.2) is 0 Å². The van der Waals surface area contributed by atoms with Crippen LogP contribution in [0.1, 0.15) is 12.5 Å². The van der Waals surface area contributed by atoms with Gasteiger partial charge in [0.05, 0.1) is 12.6 Å². The maximum Gasteiger partial charge on any atom is 0.0651 e. The third kappa shape index (κ3) is 2.71. The Kier molecular flexibility index (Phi) is 4.30. The number of aliphatic hydroxyl groups is 1. The second-order valence-corrected chi connectivity index (χ2v) is 6.16. The van der Waals surface area contributed by atoms with E-state index in [0.29, 0.717) is 6.04 Å². The highest BCUT2D eigenvalue weighted by Crippen LogP contribution is 2.29. The SMILES string of the molecule is Cc1cc(Br)ccc1N1C(C)CN(C)CC1CO. The first-order valence-electron chi connectivity index (χ1n) is 6.37. The number of benzene rings is 1. The van der Waals surface area contributed by atoms with E-state index in [1.807, 2.05) is 0 Å². The molecule has 1 aromatic carbocycles. The van der Waals surface area contributed by atoms with E-state index in [2.05, 4.69) is 64.8 Å². The number of halogens is 1. The van der Waals surface area contributed by atoms with Crippen molar-refractivity contribution in [1.29, 1.82) is 0 Å². The molecule has 0 amide bonds. The fraction of sp³-hybridized carbons (Fsp3) is 0.571. The van der Waals surface area contributed by atoms with Crippen molar-refractivity contribution in [3.8, 4) is 0 Å². The molecule has 0 radical (unpaired) electrons. The molecule has 2 rings (SSSR count). The number of piperazine rings is 1. The summed E-state index contributed by atoms with van der Waals surface area (Å²) >= 11 is 3.50. The summed E-state index contributed by atoms with van der Waals surface area (Å²) in [4.78, 5) is 4.65. The van der Waals surface area contributed by atoms with Crippen LogP contribution in [0.2, 0.25) is 0 Å². The average molecular weight is 313 g/mol. The van der Waals surface area contributed by atoms with Crippen molar-refractivity contribution in [3.63, 3.8) is 0 Å². The topological polar surface area (TPSA) is 26.7 Å². The van der Waals surface area contributed by atoms with Crippen LogP contribution < -0.4 is 4.90 Å². The molecule has 1 aliphatic rings. The molecule has 0 spiro atoms. The molecule has 1 aromatic rings. The van der Waals surface area contributed by atoms with Crippen molar-refractivity contribution in [2.45, 2.75) is 25.9 Å². The Morgan fingerprint density at radius 2 is 2.11 bits per heavy atom. The molecule has 1 N–H and O–H groups in total. The number of aliphatic hydroxyl groups excluding tert-OH is 1. The maximum absolute atomic E-state index is 9.63. The van der Waals surface area contributed by atoms with Gasteiger partial charge < -0.3 is 14.9 Å². The van der Waals surface area contributed by atoms with Crippen LogP contribution in [-0.4, -0.2) is 48.8 Å². The molecule has 1 aliphatic heterocycles. The van der Waals surface area contributed by atoms with Crippen molar-refractivity contribution in [2.24, 2.45) is 0 Å². The Morgan fingerprint density at radius 3 is 2.72 bits per heavy atom. The van der Waals surface area contributed by atoms with Crippen molar-refractivity contribution < 1.29 is 5.11 Å². The van der Waals surface area contributed by atoms with E-state index in [1.54, 1.807) is 0 Å². The van der Waals surface area contributed by atoms with Gasteiger partial charge >= 0.3 is 0 Å². The van der Waals surface area contributed by atoms with Crippen LogP contribution >= 0.6 is 15.9 Å². The predicted octanol–water partition coefficient (Wildman–Crippen LogP) is 2.26. The molecular formula is C14H21BrN2O. The second kappa shape index (κ2) is 5.59. The van der Waals surface area contributed by atoms with Crippen LogP contribution in [-0.2, 0) is 0 Å². The minimum absolute atomic E-state index is 0.179. The van der Waals surface area contributed by atoms with Crippen molar-refractivity contribution in [2.75, 3.05) is 31.6 Å². The molecule has 0 saturated carbocycles. The van der Waals surface area contributed by atoms with Crippen LogP contribution in [0.25, 0.3) is 0 Å². The first-order valence-corrected chi connectivity index (χ1v) is 7.16. The molecule has 18 heavy (non-hydrogen) atoms. The first-order chi connectivity index (χ1) is 8.52. The van der Waals surface area contributed by atoms with Gasteiger partial charge in [-0.1, -0.05) is 15.9 Å². The average Bonchev–Trinajstić information content (AvgIpc) is 2.29. The molecule has 0 bridgehead atoms. The quantitative estimate of drug-likeness (QED) is 0.907. The summed E-state index contributed by atoms with van der Waals surface area (Å²) in [6.07, 6.45) is 0. The van der Waals surface area contributed by atoms with E-state index in [9.17, 15) is 5.11 Å². The van der Waals surface area contributed by atoms with Crippen LogP contribution in [0.3, 0.4) is 0 Å². The third-order valence-corrected chi connectivity index (χ3v) is 4.11. The zero-order valence-corrected chi connectivity index (χ0v) is 12.8. The van der Waals surface area contributed by atoms with Gasteiger partial charge in [-0.3, -0.25) is 0 Å².